The van der Waals surface area contributed by atoms with Crippen LogP contribution in [0.3, 0.4) is 0 Å². The Balaban J connectivity index is 1.78. The van der Waals surface area contributed by atoms with Gasteiger partial charge in [-0.15, -0.1) is 0 Å². The fraction of sp³-hybridized carbons (Fsp3) is 0.500. The van der Waals surface area contributed by atoms with E-state index >= 15 is 0 Å². The Morgan fingerprint density at radius 2 is 1.45 bits per heavy atom. The van der Waals surface area contributed by atoms with Crippen LogP contribution in [-0.4, -0.2) is 22.8 Å². The minimum Gasteiger partial charge on any atom is -0.507 e. The molecule has 0 amide bonds. The summed E-state index contributed by atoms with van der Waals surface area (Å²) in [6.07, 6.45) is 12.2. The Morgan fingerprint density at radius 3 is 2.06 bits per heavy atom. The molecule has 5 nitrogen and oxygen atoms in total. The number of hydrogen-bond donors (Lipinski definition) is 2. The van der Waals surface area contributed by atoms with E-state index in [2.05, 4.69) is 6.92 Å². The molecule has 5 heteroatoms. The van der Waals surface area contributed by atoms with E-state index < -0.39 is 5.97 Å². The molecule has 0 saturated carbocycles. The first-order chi connectivity index (χ1) is 15.1. The van der Waals surface area contributed by atoms with Gasteiger partial charge in [-0.1, -0.05) is 95.0 Å². The fourth-order valence-electron chi connectivity index (χ4n) is 3.50. The second kappa shape index (κ2) is 14.3. The lowest BCUT2D eigenvalue weighted by molar-refractivity contribution is 0.0688. The van der Waals surface area contributed by atoms with Crippen LogP contribution in [0.4, 0.5) is 0 Å². The van der Waals surface area contributed by atoms with Crippen LogP contribution in [0.1, 0.15) is 87.1 Å². The zero-order valence-corrected chi connectivity index (χ0v) is 18.6. The van der Waals surface area contributed by atoms with Crippen molar-refractivity contribution in [3.63, 3.8) is 0 Å². The average molecular weight is 429 g/mol. The van der Waals surface area contributed by atoms with Gasteiger partial charge < -0.3 is 19.7 Å². The zero-order valence-electron chi connectivity index (χ0n) is 18.6. The summed E-state index contributed by atoms with van der Waals surface area (Å²) in [5.41, 5.74) is 0.760. The van der Waals surface area contributed by atoms with Gasteiger partial charge in [0.05, 0.1) is 6.61 Å². The first kappa shape index (κ1) is 24.6. The Hall–Kier alpha value is -2.69. The molecule has 0 heterocycles. The predicted molar refractivity (Wildman–Crippen MR) is 123 cm³/mol. The number of carboxylic acid groups (broad SMARTS) is 1. The Bertz CT molecular complexity index is 773. The quantitative estimate of drug-likeness (QED) is 0.282. The predicted octanol–water partition coefficient (Wildman–Crippen LogP) is 6.97. The van der Waals surface area contributed by atoms with Crippen LogP contribution in [0.5, 0.6) is 17.2 Å². The number of aromatic hydroxyl groups is 1. The highest BCUT2D eigenvalue weighted by Crippen LogP contribution is 2.34. The normalized spacial score (nSPS) is 10.7. The highest BCUT2D eigenvalue weighted by Gasteiger charge is 2.19. The third-order valence-electron chi connectivity index (χ3n) is 5.27. The molecule has 0 fully saturated rings. The van der Waals surface area contributed by atoms with E-state index in [-0.39, 0.29) is 17.1 Å². The number of hydrogen-bond acceptors (Lipinski definition) is 4. The van der Waals surface area contributed by atoms with Crippen LogP contribution in [0.2, 0.25) is 0 Å². The summed E-state index contributed by atoms with van der Waals surface area (Å²) in [7, 11) is 0. The van der Waals surface area contributed by atoms with E-state index in [1.165, 1.54) is 51.0 Å². The van der Waals surface area contributed by atoms with E-state index in [0.717, 1.165) is 24.8 Å². The molecule has 0 aliphatic rings. The van der Waals surface area contributed by atoms with Crippen molar-refractivity contribution in [2.45, 2.75) is 77.7 Å². The number of carbonyl (C=O) groups is 1. The van der Waals surface area contributed by atoms with Gasteiger partial charge in [0.2, 0.25) is 0 Å². The van der Waals surface area contributed by atoms with Gasteiger partial charge in [0.25, 0.3) is 0 Å². The number of rotatable bonds is 16. The van der Waals surface area contributed by atoms with Crippen LogP contribution >= 0.6 is 0 Å². The zero-order chi connectivity index (χ0) is 22.3. The SMILES string of the molecule is CCCCCCCCCCCCOc1cc(OCc2ccccc2)cc(O)c1C(=O)O. The van der Waals surface area contributed by atoms with Crippen molar-refractivity contribution in [2.24, 2.45) is 0 Å². The minimum absolute atomic E-state index is 0.145. The van der Waals surface area contributed by atoms with Crippen LogP contribution in [0, 0.1) is 0 Å². The molecule has 2 aromatic rings. The smallest absolute Gasteiger partial charge is 0.343 e. The van der Waals surface area contributed by atoms with E-state index in [0.29, 0.717) is 19.0 Å². The maximum Gasteiger partial charge on any atom is 0.343 e. The molecule has 0 aromatic heterocycles. The third kappa shape index (κ3) is 9.33. The van der Waals surface area contributed by atoms with E-state index in [9.17, 15) is 15.0 Å². The molecule has 2 rings (SSSR count). The molecule has 0 radical (unpaired) electrons. The summed E-state index contributed by atoms with van der Waals surface area (Å²) in [6, 6.07) is 12.5. The van der Waals surface area contributed by atoms with Crippen molar-refractivity contribution in [3.8, 4) is 17.2 Å². The maximum atomic E-state index is 11.6. The standard InChI is InChI=1S/C26H36O5/c1-2-3-4-5-6-7-8-9-10-14-17-30-24-19-22(18-23(27)25(24)26(28)29)31-20-21-15-12-11-13-16-21/h11-13,15-16,18-19,27H,2-10,14,17,20H2,1H3,(H,28,29). The van der Waals surface area contributed by atoms with Gasteiger partial charge in [-0.3, -0.25) is 0 Å². The molecule has 0 aliphatic heterocycles. The summed E-state index contributed by atoms with van der Waals surface area (Å²) >= 11 is 0. The highest BCUT2D eigenvalue weighted by atomic mass is 16.5. The Morgan fingerprint density at radius 1 is 0.839 bits per heavy atom. The van der Waals surface area contributed by atoms with Gasteiger partial charge in [-0.2, -0.15) is 0 Å². The van der Waals surface area contributed by atoms with Gasteiger partial charge in [-0.25, -0.2) is 4.79 Å². The topological polar surface area (TPSA) is 76.0 Å². The number of benzene rings is 2. The van der Waals surface area contributed by atoms with Crippen molar-refractivity contribution >= 4 is 5.97 Å². The molecule has 170 valence electrons. The molecule has 0 atom stereocenters. The first-order valence-electron chi connectivity index (χ1n) is 11.5. The monoisotopic (exact) mass is 428 g/mol. The van der Waals surface area contributed by atoms with Gasteiger partial charge in [0.1, 0.15) is 29.4 Å². The molecule has 31 heavy (non-hydrogen) atoms. The van der Waals surface area contributed by atoms with Crippen molar-refractivity contribution in [1.29, 1.82) is 0 Å². The second-order valence-corrected chi connectivity index (χ2v) is 7.93. The van der Waals surface area contributed by atoms with Crippen LogP contribution in [0.25, 0.3) is 0 Å². The third-order valence-corrected chi connectivity index (χ3v) is 5.27. The minimum atomic E-state index is -1.22. The van der Waals surface area contributed by atoms with Crippen molar-refractivity contribution < 1.29 is 24.5 Å². The number of carboxylic acids is 1. The summed E-state index contributed by atoms with van der Waals surface area (Å²) in [5, 5.41) is 19.6. The molecule has 0 spiro atoms. The molecular formula is C26H36O5. The van der Waals surface area contributed by atoms with E-state index in [1.54, 1.807) is 6.07 Å². The Labute approximate surface area is 186 Å². The molecule has 0 aliphatic carbocycles. The summed E-state index contributed by atoms with van der Waals surface area (Å²) < 4.78 is 11.4. The van der Waals surface area contributed by atoms with Gasteiger partial charge >= 0.3 is 5.97 Å². The van der Waals surface area contributed by atoms with Crippen LogP contribution < -0.4 is 9.47 Å². The molecule has 0 bridgehead atoms. The number of ether oxygens (including phenoxy) is 2. The van der Waals surface area contributed by atoms with Gasteiger partial charge in [-0.05, 0) is 12.0 Å². The number of unbranched alkanes of at least 4 members (excludes halogenated alkanes) is 9. The molecule has 2 N–H and O–H groups in total. The van der Waals surface area contributed by atoms with Gasteiger partial charge in [0, 0.05) is 12.1 Å². The lowest BCUT2D eigenvalue weighted by Crippen LogP contribution is -2.06. The molecule has 0 unspecified atom stereocenters. The molecular weight excluding hydrogens is 392 g/mol. The van der Waals surface area contributed by atoms with Crippen LogP contribution in [-0.2, 0) is 6.61 Å². The largest absolute Gasteiger partial charge is 0.507 e. The molecule has 2 aromatic carbocycles. The lowest BCUT2D eigenvalue weighted by Gasteiger charge is -2.14. The fourth-order valence-corrected chi connectivity index (χ4v) is 3.50. The number of phenols is 1. The van der Waals surface area contributed by atoms with Crippen molar-refractivity contribution in [3.05, 3.63) is 53.6 Å². The first-order valence-corrected chi connectivity index (χ1v) is 11.5. The van der Waals surface area contributed by atoms with E-state index in [4.69, 9.17) is 9.47 Å². The van der Waals surface area contributed by atoms with Crippen molar-refractivity contribution in [2.75, 3.05) is 6.61 Å². The Kier molecular flexibility index (Phi) is 11.4. The lowest BCUT2D eigenvalue weighted by atomic mass is 10.1. The summed E-state index contributed by atoms with van der Waals surface area (Å²) in [6.45, 7) is 2.97. The highest BCUT2D eigenvalue weighted by molar-refractivity contribution is 5.94. The second-order valence-electron chi connectivity index (χ2n) is 7.93. The maximum absolute atomic E-state index is 11.6. The van der Waals surface area contributed by atoms with Gasteiger partial charge in [0.15, 0.2) is 0 Å². The summed E-state index contributed by atoms with van der Waals surface area (Å²) in [5.74, 6) is -1.04. The molecule has 0 saturated heterocycles. The number of aromatic carboxylic acids is 1. The van der Waals surface area contributed by atoms with E-state index in [1.807, 2.05) is 30.3 Å². The summed E-state index contributed by atoms with van der Waals surface area (Å²) in [4.78, 5) is 11.6. The van der Waals surface area contributed by atoms with Crippen molar-refractivity contribution in [1.82, 2.24) is 0 Å². The van der Waals surface area contributed by atoms with Crippen LogP contribution in [0.15, 0.2) is 42.5 Å². The average Bonchev–Trinajstić information content (AvgIpc) is 2.76.